The molecule has 1 aliphatic carbocycles. The van der Waals surface area contributed by atoms with Crippen molar-refractivity contribution in [2.45, 2.75) is 69.4 Å². The summed E-state index contributed by atoms with van der Waals surface area (Å²) in [5.41, 5.74) is -0.0203. The van der Waals surface area contributed by atoms with E-state index in [4.69, 9.17) is 4.74 Å². The summed E-state index contributed by atoms with van der Waals surface area (Å²) in [6.45, 7) is 1.86. The number of aromatic nitrogens is 2. The second-order valence-electron chi connectivity index (χ2n) is 7.06. The standard InChI is InChI=1S/C18H27N3O3/c22-16(11-18(23)7-2-1-3-8-18)20-12-15-6-9-19-17(21-15)14-5-4-10-24-13-14/h6,9,14,23H,1-5,7-8,10-13H2,(H,20,22). The maximum absolute atomic E-state index is 12.1. The van der Waals surface area contributed by atoms with Crippen molar-refractivity contribution in [3.63, 3.8) is 0 Å². The van der Waals surface area contributed by atoms with Crippen LogP contribution in [0.1, 0.15) is 68.8 Å². The van der Waals surface area contributed by atoms with Gasteiger partial charge in [-0.15, -0.1) is 0 Å². The van der Waals surface area contributed by atoms with E-state index in [9.17, 15) is 9.90 Å². The second kappa shape index (κ2) is 8.03. The van der Waals surface area contributed by atoms with Crippen molar-refractivity contribution in [1.82, 2.24) is 15.3 Å². The first kappa shape index (κ1) is 17.3. The van der Waals surface area contributed by atoms with Gasteiger partial charge in [0.2, 0.25) is 5.91 Å². The van der Waals surface area contributed by atoms with Gasteiger partial charge in [-0.1, -0.05) is 19.3 Å². The zero-order valence-corrected chi connectivity index (χ0v) is 14.2. The summed E-state index contributed by atoms with van der Waals surface area (Å²) in [5, 5.41) is 13.3. The van der Waals surface area contributed by atoms with E-state index in [1.165, 1.54) is 0 Å². The van der Waals surface area contributed by atoms with Crippen LogP contribution >= 0.6 is 0 Å². The molecule has 1 aromatic rings. The fraction of sp³-hybridized carbons (Fsp3) is 0.722. The Kier molecular flexibility index (Phi) is 5.79. The molecular formula is C18H27N3O3. The van der Waals surface area contributed by atoms with E-state index >= 15 is 0 Å². The molecule has 2 fully saturated rings. The first-order valence-electron chi connectivity index (χ1n) is 9.03. The van der Waals surface area contributed by atoms with Gasteiger partial charge < -0.3 is 15.2 Å². The number of carbonyl (C=O) groups is 1. The Balaban J connectivity index is 1.51. The molecule has 0 spiro atoms. The van der Waals surface area contributed by atoms with Crippen LogP contribution < -0.4 is 5.32 Å². The minimum atomic E-state index is -0.821. The number of amides is 1. The molecule has 0 bridgehead atoms. The van der Waals surface area contributed by atoms with E-state index in [0.29, 0.717) is 13.2 Å². The molecule has 0 aromatic carbocycles. The van der Waals surface area contributed by atoms with Crippen LogP contribution in [-0.4, -0.2) is 39.8 Å². The number of rotatable bonds is 5. The van der Waals surface area contributed by atoms with Crippen molar-refractivity contribution in [2.24, 2.45) is 0 Å². The van der Waals surface area contributed by atoms with Gasteiger partial charge in [-0.3, -0.25) is 4.79 Å². The molecule has 1 saturated carbocycles. The van der Waals surface area contributed by atoms with E-state index in [1.807, 2.05) is 6.07 Å². The molecule has 132 valence electrons. The highest BCUT2D eigenvalue weighted by Crippen LogP contribution is 2.30. The maximum Gasteiger partial charge on any atom is 0.223 e. The van der Waals surface area contributed by atoms with E-state index in [0.717, 1.165) is 63.1 Å². The van der Waals surface area contributed by atoms with Crippen LogP contribution in [0.15, 0.2) is 12.3 Å². The molecule has 1 aromatic heterocycles. The summed E-state index contributed by atoms with van der Waals surface area (Å²) >= 11 is 0. The highest BCUT2D eigenvalue weighted by Gasteiger charge is 2.31. The van der Waals surface area contributed by atoms with Crippen LogP contribution in [0.4, 0.5) is 0 Å². The van der Waals surface area contributed by atoms with E-state index < -0.39 is 5.60 Å². The molecule has 1 amide bonds. The summed E-state index contributed by atoms with van der Waals surface area (Å²) in [7, 11) is 0. The van der Waals surface area contributed by atoms with Gasteiger partial charge >= 0.3 is 0 Å². The number of nitrogens with zero attached hydrogens (tertiary/aromatic N) is 2. The van der Waals surface area contributed by atoms with Gasteiger partial charge in [0.05, 0.1) is 30.9 Å². The zero-order chi connectivity index (χ0) is 16.8. The lowest BCUT2D eigenvalue weighted by Crippen LogP contribution is -2.38. The number of hydrogen-bond donors (Lipinski definition) is 2. The van der Waals surface area contributed by atoms with Gasteiger partial charge in [-0.25, -0.2) is 9.97 Å². The van der Waals surface area contributed by atoms with Crippen LogP contribution in [0.3, 0.4) is 0 Å². The lowest BCUT2D eigenvalue weighted by Gasteiger charge is -2.31. The topological polar surface area (TPSA) is 84.3 Å². The van der Waals surface area contributed by atoms with Gasteiger partial charge in [0, 0.05) is 18.7 Å². The minimum absolute atomic E-state index is 0.111. The monoisotopic (exact) mass is 333 g/mol. The van der Waals surface area contributed by atoms with Crippen molar-refractivity contribution >= 4 is 5.91 Å². The Morgan fingerprint density at radius 3 is 2.92 bits per heavy atom. The predicted octanol–water partition coefficient (Wildman–Crippen LogP) is 2.07. The highest BCUT2D eigenvalue weighted by molar-refractivity contribution is 5.76. The van der Waals surface area contributed by atoms with Crippen LogP contribution in [-0.2, 0) is 16.1 Å². The van der Waals surface area contributed by atoms with Crippen molar-refractivity contribution < 1.29 is 14.6 Å². The molecule has 3 rings (SSSR count). The number of carbonyl (C=O) groups excluding carboxylic acids is 1. The molecule has 6 heteroatoms. The van der Waals surface area contributed by atoms with Crippen LogP contribution in [0.25, 0.3) is 0 Å². The number of nitrogens with one attached hydrogen (secondary N) is 1. The SMILES string of the molecule is O=C(CC1(O)CCCCC1)NCc1ccnc(C2CCCOC2)n1. The van der Waals surface area contributed by atoms with Gasteiger partial charge in [0.1, 0.15) is 5.82 Å². The molecule has 2 heterocycles. The van der Waals surface area contributed by atoms with Crippen molar-refractivity contribution in [3.8, 4) is 0 Å². The summed E-state index contributed by atoms with van der Waals surface area (Å²) in [6.07, 6.45) is 8.61. The maximum atomic E-state index is 12.1. The fourth-order valence-corrected chi connectivity index (χ4v) is 3.59. The molecule has 0 radical (unpaired) electrons. The molecule has 2 N–H and O–H groups in total. The molecule has 24 heavy (non-hydrogen) atoms. The highest BCUT2D eigenvalue weighted by atomic mass is 16.5. The molecule has 2 aliphatic rings. The van der Waals surface area contributed by atoms with Gasteiger partial charge in [0.25, 0.3) is 0 Å². The first-order chi connectivity index (χ1) is 11.6. The normalized spacial score (nSPS) is 23.6. The number of hydrogen-bond acceptors (Lipinski definition) is 5. The average Bonchev–Trinajstić information content (AvgIpc) is 2.61. The van der Waals surface area contributed by atoms with Gasteiger partial charge in [-0.2, -0.15) is 0 Å². The summed E-state index contributed by atoms with van der Waals surface area (Å²) in [5.74, 6) is 0.935. The fourth-order valence-electron chi connectivity index (χ4n) is 3.59. The van der Waals surface area contributed by atoms with Crippen molar-refractivity contribution in [3.05, 3.63) is 23.8 Å². The van der Waals surface area contributed by atoms with Crippen LogP contribution in [0.2, 0.25) is 0 Å². The Bertz CT molecular complexity index is 552. The predicted molar refractivity (Wildman–Crippen MR) is 89.3 cm³/mol. The Hall–Kier alpha value is -1.53. The molecule has 1 unspecified atom stereocenters. The number of aliphatic hydroxyl groups is 1. The van der Waals surface area contributed by atoms with E-state index in [2.05, 4.69) is 15.3 Å². The summed E-state index contributed by atoms with van der Waals surface area (Å²) < 4.78 is 5.49. The van der Waals surface area contributed by atoms with Crippen molar-refractivity contribution in [2.75, 3.05) is 13.2 Å². The quantitative estimate of drug-likeness (QED) is 0.862. The summed E-state index contributed by atoms with van der Waals surface area (Å²) in [4.78, 5) is 21.1. The molecular weight excluding hydrogens is 306 g/mol. The zero-order valence-electron chi connectivity index (χ0n) is 14.2. The largest absolute Gasteiger partial charge is 0.389 e. The average molecular weight is 333 g/mol. The van der Waals surface area contributed by atoms with E-state index in [1.54, 1.807) is 6.20 Å². The smallest absolute Gasteiger partial charge is 0.223 e. The van der Waals surface area contributed by atoms with Gasteiger partial charge in [0.15, 0.2) is 0 Å². The first-order valence-corrected chi connectivity index (χ1v) is 9.03. The van der Waals surface area contributed by atoms with Crippen LogP contribution in [0.5, 0.6) is 0 Å². The third-order valence-corrected chi connectivity index (χ3v) is 5.00. The van der Waals surface area contributed by atoms with Gasteiger partial charge in [-0.05, 0) is 31.7 Å². The summed E-state index contributed by atoms with van der Waals surface area (Å²) in [6, 6.07) is 1.82. The third-order valence-electron chi connectivity index (χ3n) is 5.00. The lowest BCUT2D eigenvalue weighted by molar-refractivity contribution is -0.127. The van der Waals surface area contributed by atoms with E-state index in [-0.39, 0.29) is 18.2 Å². The lowest BCUT2D eigenvalue weighted by atomic mass is 9.82. The Morgan fingerprint density at radius 1 is 1.33 bits per heavy atom. The Labute approximate surface area is 143 Å². The third kappa shape index (κ3) is 4.74. The Morgan fingerprint density at radius 2 is 2.17 bits per heavy atom. The molecule has 1 atom stereocenters. The second-order valence-corrected chi connectivity index (χ2v) is 7.06. The number of ether oxygens (including phenoxy) is 1. The minimum Gasteiger partial charge on any atom is -0.389 e. The molecule has 1 aliphatic heterocycles. The van der Waals surface area contributed by atoms with Crippen LogP contribution in [0, 0.1) is 0 Å². The van der Waals surface area contributed by atoms with Crippen molar-refractivity contribution in [1.29, 1.82) is 0 Å². The molecule has 6 nitrogen and oxygen atoms in total. The molecule has 1 saturated heterocycles.